The van der Waals surface area contributed by atoms with Gasteiger partial charge in [-0.25, -0.2) is 12.8 Å². The number of sulfonamides is 1. The monoisotopic (exact) mass is 370 g/mol. The first-order valence-corrected chi connectivity index (χ1v) is 9.23. The number of pyridine rings is 1. The van der Waals surface area contributed by atoms with Crippen LogP contribution in [0, 0.1) is 17.7 Å². The average Bonchev–Trinajstić information content (AvgIpc) is 2.65. The Morgan fingerprint density at radius 2 is 1.85 bits per heavy atom. The van der Waals surface area contributed by atoms with Gasteiger partial charge in [-0.1, -0.05) is 42.2 Å². The lowest BCUT2D eigenvalue weighted by Crippen LogP contribution is -2.25. The zero-order valence-corrected chi connectivity index (χ0v) is 14.5. The van der Waals surface area contributed by atoms with Crippen LogP contribution in [0.15, 0.2) is 65.7 Å². The van der Waals surface area contributed by atoms with Gasteiger partial charge in [-0.05, 0) is 24.3 Å². The number of ether oxygens (including phenoxy) is 1. The van der Waals surface area contributed by atoms with Crippen molar-refractivity contribution < 1.29 is 17.5 Å². The molecule has 0 atom stereocenters. The van der Waals surface area contributed by atoms with Gasteiger partial charge in [0, 0.05) is 11.6 Å². The molecular formula is C19H15FN2O3S. The molecule has 0 radical (unpaired) electrons. The first-order chi connectivity index (χ1) is 12.6. The van der Waals surface area contributed by atoms with Crippen LogP contribution >= 0.6 is 0 Å². The number of halogens is 1. The minimum absolute atomic E-state index is 0.0805. The first-order valence-electron chi connectivity index (χ1n) is 7.74. The Morgan fingerprint density at radius 1 is 1.04 bits per heavy atom. The minimum atomic E-state index is -3.94. The van der Waals surface area contributed by atoms with E-state index in [1.807, 2.05) is 24.3 Å². The third kappa shape index (κ3) is 4.17. The fourth-order valence-electron chi connectivity index (χ4n) is 2.29. The molecule has 0 aliphatic rings. The van der Waals surface area contributed by atoms with Gasteiger partial charge in [0.2, 0.25) is 10.0 Å². The normalized spacial score (nSPS) is 11.0. The standard InChI is InChI=1S/C19H15FN2O3S/c20-16-9-1-2-11-18(16)26(23,24)22-13-3-4-14-25-17-10-5-7-15-8-6-12-21-19(15)17/h1-2,5-12,22H,13-14H2. The second-order valence-electron chi connectivity index (χ2n) is 5.23. The number of hydrogen-bond acceptors (Lipinski definition) is 4. The SMILES string of the molecule is O=S(=O)(NCC#CCOc1cccc2cccnc12)c1ccccc1F. The summed E-state index contributed by atoms with van der Waals surface area (Å²) in [4.78, 5) is 3.87. The molecule has 7 heteroatoms. The molecule has 0 spiro atoms. The average molecular weight is 370 g/mol. The Hall–Kier alpha value is -2.95. The van der Waals surface area contributed by atoms with Crippen LogP contribution in [0.1, 0.15) is 0 Å². The van der Waals surface area contributed by atoms with Gasteiger partial charge in [-0.3, -0.25) is 4.98 Å². The number of aromatic nitrogens is 1. The molecule has 0 aliphatic carbocycles. The molecule has 132 valence electrons. The third-order valence-electron chi connectivity index (χ3n) is 3.50. The molecule has 5 nitrogen and oxygen atoms in total. The molecule has 3 rings (SSSR count). The number of nitrogens with one attached hydrogen (secondary N) is 1. The summed E-state index contributed by atoms with van der Waals surface area (Å²) >= 11 is 0. The smallest absolute Gasteiger partial charge is 0.244 e. The van der Waals surface area contributed by atoms with Crippen molar-refractivity contribution in [2.45, 2.75) is 4.90 Å². The van der Waals surface area contributed by atoms with Crippen molar-refractivity contribution >= 4 is 20.9 Å². The lowest BCUT2D eigenvalue weighted by Gasteiger charge is -2.05. The van der Waals surface area contributed by atoms with Gasteiger partial charge < -0.3 is 4.74 Å². The molecule has 1 heterocycles. The number of benzene rings is 2. The van der Waals surface area contributed by atoms with E-state index in [0.29, 0.717) is 5.75 Å². The van der Waals surface area contributed by atoms with Crippen molar-refractivity contribution in [3.63, 3.8) is 0 Å². The van der Waals surface area contributed by atoms with E-state index < -0.39 is 20.7 Å². The zero-order chi connectivity index (χ0) is 18.4. The molecule has 0 unspecified atom stereocenters. The van der Waals surface area contributed by atoms with Gasteiger partial charge in [-0.15, -0.1) is 0 Å². The molecule has 26 heavy (non-hydrogen) atoms. The number of nitrogens with zero attached hydrogens (tertiary/aromatic N) is 1. The van der Waals surface area contributed by atoms with E-state index >= 15 is 0 Å². The molecule has 3 aromatic rings. The molecule has 1 aromatic heterocycles. The number of rotatable bonds is 5. The lowest BCUT2D eigenvalue weighted by atomic mass is 10.2. The van der Waals surface area contributed by atoms with Crippen LogP contribution in [0.2, 0.25) is 0 Å². The molecular weight excluding hydrogens is 355 g/mol. The topological polar surface area (TPSA) is 68.3 Å². The predicted molar refractivity (Wildman–Crippen MR) is 96.6 cm³/mol. The minimum Gasteiger partial charge on any atom is -0.479 e. The van der Waals surface area contributed by atoms with Gasteiger partial charge in [0.25, 0.3) is 0 Å². The van der Waals surface area contributed by atoms with E-state index in [1.165, 1.54) is 18.2 Å². The molecule has 0 saturated heterocycles. The summed E-state index contributed by atoms with van der Waals surface area (Å²) in [6, 6.07) is 14.5. The van der Waals surface area contributed by atoms with Gasteiger partial charge in [0.05, 0.1) is 6.54 Å². The Labute approximate surface area is 150 Å². The fourth-order valence-corrected chi connectivity index (χ4v) is 3.29. The molecule has 0 saturated carbocycles. The van der Waals surface area contributed by atoms with E-state index in [9.17, 15) is 12.8 Å². The highest BCUT2D eigenvalue weighted by Gasteiger charge is 2.16. The van der Waals surface area contributed by atoms with E-state index in [2.05, 4.69) is 21.5 Å². The van der Waals surface area contributed by atoms with Crippen LogP contribution in [0.25, 0.3) is 10.9 Å². The Bertz CT molecular complexity index is 1080. The van der Waals surface area contributed by atoms with Gasteiger partial charge in [0.15, 0.2) is 0 Å². The highest BCUT2D eigenvalue weighted by Crippen LogP contribution is 2.22. The maximum Gasteiger partial charge on any atom is 0.244 e. The van der Waals surface area contributed by atoms with Gasteiger partial charge in [0.1, 0.15) is 28.6 Å². The number of hydrogen-bond donors (Lipinski definition) is 1. The Morgan fingerprint density at radius 3 is 2.69 bits per heavy atom. The van der Waals surface area contributed by atoms with Crippen LogP contribution in [0.5, 0.6) is 5.75 Å². The van der Waals surface area contributed by atoms with Gasteiger partial charge in [-0.2, -0.15) is 4.72 Å². The molecule has 0 amide bonds. The van der Waals surface area contributed by atoms with Crippen LogP contribution in [-0.2, 0) is 10.0 Å². The van der Waals surface area contributed by atoms with E-state index in [0.717, 1.165) is 17.0 Å². The predicted octanol–water partition coefficient (Wildman–Crippen LogP) is 2.73. The first kappa shape index (κ1) is 17.9. The quantitative estimate of drug-likeness (QED) is 0.701. The number of fused-ring (bicyclic) bond motifs is 1. The molecule has 2 aromatic carbocycles. The van der Waals surface area contributed by atoms with E-state index in [4.69, 9.17) is 4.74 Å². The largest absolute Gasteiger partial charge is 0.479 e. The maximum atomic E-state index is 13.5. The lowest BCUT2D eigenvalue weighted by molar-refractivity contribution is 0.374. The summed E-state index contributed by atoms with van der Waals surface area (Å²) in [6.07, 6.45) is 1.68. The molecule has 1 N–H and O–H groups in total. The Balaban J connectivity index is 1.57. The summed E-state index contributed by atoms with van der Waals surface area (Å²) in [6.45, 7) is -0.0646. The van der Waals surface area contributed by atoms with Crippen molar-refractivity contribution in [2.24, 2.45) is 0 Å². The van der Waals surface area contributed by atoms with Crippen LogP contribution in [0.3, 0.4) is 0 Å². The summed E-state index contributed by atoms with van der Waals surface area (Å²) < 4.78 is 45.4. The molecule has 0 bridgehead atoms. The summed E-state index contributed by atoms with van der Waals surface area (Å²) in [7, 11) is -3.94. The highest BCUT2D eigenvalue weighted by molar-refractivity contribution is 7.89. The highest BCUT2D eigenvalue weighted by atomic mass is 32.2. The summed E-state index contributed by atoms with van der Waals surface area (Å²) in [5, 5.41) is 0.954. The van der Waals surface area contributed by atoms with Crippen LogP contribution < -0.4 is 9.46 Å². The van der Waals surface area contributed by atoms with Gasteiger partial charge >= 0.3 is 0 Å². The second-order valence-corrected chi connectivity index (χ2v) is 6.96. The fraction of sp³-hybridized carbons (Fsp3) is 0.105. The van der Waals surface area contributed by atoms with E-state index in [1.54, 1.807) is 12.3 Å². The summed E-state index contributed by atoms with van der Waals surface area (Å²) in [5.74, 6) is 5.15. The zero-order valence-electron chi connectivity index (χ0n) is 13.6. The van der Waals surface area contributed by atoms with Crippen LogP contribution in [-0.4, -0.2) is 26.6 Å². The van der Waals surface area contributed by atoms with Crippen molar-refractivity contribution in [1.82, 2.24) is 9.71 Å². The van der Waals surface area contributed by atoms with Crippen molar-refractivity contribution in [1.29, 1.82) is 0 Å². The third-order valence-corrected chi connectivity index (χ3v) is 4.93. The molecule has 0 aliphatic heterocycles. The van der Waals surface area contributed by atoms with E-state index in [-0.39, 0.29) is 13.2 Å². The second kappa shape index (κ2) is 7.95. The Kier molecular flexibility index (Phi) is 5.46. The van der Waals surface area contributed by atoms with Crippen LogP contribution in [0.4, 0.5) is 4.39 Å². The molecule has 0 fully saturated rings. The van der Waals surface area contributed by atoms with Crippen molar-refractivity contribution in [2.75, 3.05) is 13.2 Å². The maximum absolute atomic E-state index is 13.5. The van der Waals surface area contributed by atoms with Crippen molar-refractivity contribution in [3.8, 4) is 17.6 Å². The summed E-state index contributed by atoms with van der Waals surface area (Å²) in [5.41, 5.74) is 0.733. The number of para-hydroxylation sites is 1. The van der Waals surface area contributed by atoms with Crippen molar-refractivity contribution in [3.05, 3.63) is 66.6 Å².